The smallest absolute Gasteiger partial charge is 0.275 e. The zero-order valence-electron chi connectivity index (χ0n) is 9.42. The number of amides is 1. The number of hydrogen-bond donors (Lipinski definition) is 3. The molecule has 0 aliphatic rings. The van der Waals surface area contributed by atoms with E-state index in [1.54, 1.807) is 12.1 Å². The normalized spacial score (nSPS) is 10.4. The van der Waals surface area contributed by atoms with E-state index in [-0.39, 0.29) is 11.4 Å². The molecular formula is C11H10Cl2N4O. The molecule has 0 saturated heterocycles. The van der Waals surface area contributed by atoms with Crippen LogP contribution in [0, 0.1) is 6.92 Å². The predicted molar refractivity (Wildman–Crippen MR) is 72.2 cm³/mol. The van der Waals surface area contributed by atoms with E-state index in [9.17, 15) is 4.79 Å². The summed E-state index contributed by atoms with van der Waals surface area (Å²) in [4.78, 5) is 11.9. The molecule has 0 atom stereocenters. The number of H-pyrrole nitrogens is 1. The molecule has 18 heavy (non-hydrogen) atoms. The van der Waals surface area contributed by atoms with Gasteiger partial charge >= 0.3 is 0 Å². The van der Waals surface area contributed by atoms with Crippen LogP contribution in [0.15, 0.2) is 18.3 Å². The van der Waals surface area contributed by atoms with Crippen LogP contribution in [0.25, 0.3) is 0 Å². The van der Waals surface area contributed by atoms with Gasteiger partial charge in [0.25, 0.3) is 5.91 Å². The van der Waals surface area contributed by atoms with Crippen molar-refractivity contribution in [1.29, 1.82) is 0 Å². The average Bonchev–Trinajstić information content (AvgIpc) is 2.72. The molecule has 1 aromatic heterocycles. The van der Waals surface area contributed by atoms with E-state index in [0.717, 1.165) is 5.56 Å². The summed E-state index contributed by atoms with van der Waals surface area (Å²) in [6.45, 7) is 1.83. The SMILES string of the molecule is Cc1cc(Cl)c(NC(=O)c2[nH]ncc2N)cc1Cl. The Kier molecular flexibility index (Phi) is 3.45. The first-order chi connectivity index (χ1) is 8.49. The Morgan fingerprint density at radius 3 is 2.72 bits per heavy atom. The van der Waals surface area contributed by atoms with Crippen molar-refractivity contribution in [2.24, 2.45) is 0 Å². The summed E-state index contributed by atoms with van der Waals surface area (Å²) in [5, 5.41) is 9.72. The Balaban J connectivity index is 2.28. The summed E-state index contributed by atoms with van der Waals surface area (Å²) in [6, 6.07) is 3.26. The molecule has 1 amide bonds. The summed E-state index contributed by atoms with van der Waals surface area (Å²) in [5.74, 6) is -0.424. The summed E-state index contributed by atoms with van der Waals surface area (Å²) in [5.41, 5.74) is 7.28. The van der Waals surface area contributed by atoms with Gasteiger partial charge in [-0.2, -0.15) is 5.10 Å². The Morgan fingerprint density at radius 2 is 2.11 bits per heavy atom. The second-order valence-electron chi connectivity index (χ2n) is 3.74. The lowest BCUT2D eigenvalue weighted by molar-refractivity contribution is 0.102. The molecular weight excluding hydrogens is 275 g/mol. The van der Waals surface area contributed by atoms with Crippen LogP contribution in [-0.4, -0.2) is 16.1 Å². The van der Waals surface area contributed by atoms with Crippen molar-refractivity contribution >= 4 is 40.5 Å². The van der Waals surface area contributed by atoms with Crippen LogP contribution >= 0.6 is 23.2 Å². The molecule has 0 fully saturated rings. The molecule has 0 bridgehead atoms. The van der Waals surface area contributed by atoms with Crippen molar-refractivity contribution in [3.05, 3.63) is 39.6 Å². The second kappa shape index (κ2) is 4.88. The van der Waals surface area contributed by atoms with Gasteiger partial charge in [-0.05, 0) is 24.6 Å². The largest absolute Gasteiger partial charge is 0.396 e. The number of carbonyl (C=O) groups excluding carboxylic acids is 1. The number of nitrogens with two attached hydrogens (primary N) is 1. The fourth-order valence-corrected chi connectivity index (χ4v) is 1.83. The van der Waals surface area contributed by atoms with Gasteiger partial charge in [0.2, 0.25) is 0 Å². The number of nitrogen functional groups attached to an aromatic ring is 1. The zero-order chi connectivity index (χ0) is 13.3. The number of halogens is 2. The molecule has 2 aromatic rings. The minimum absolute atomic E-state index is 0.183. The van der Waals surface area contributed by atoms with Gasteiger partial charge in [0.15, 0.2) is 0 Å². The highest BCUT2D eigenvalue weighted by atomic mass is 35.5. The monoisotopic (exact) mass is 284 g/mol. The summed E-state index contributed by atoms with van der Waals surface area (Å²) >= 11 is 12.0. The number of hydrogen-bond acceptors (Lipinski definition) is 3. The molecule has 7 heteroatoms. The third kappa shape index (κ3) is 2.42. The minimum Gasteiger partial charge on any atom is -0.396 e. The second-order valence-corrected chi connectivity index (χ2v) is 4.55. The quantitative estimate of drug-likeness (QED) is 0.793. The Labute approximate surface area is 113 Å². The van der Waals surface area contributed by atoms with Crippen LogP contribution in [0.3, 0.4) is 0 Å². The highest BCUT2D eigenvalue weighted by molar-refractivity contribution is 6.36. The van der Waals surface area contributed by atoms with E-state index in [0.29, 0.717) is 15.7 Å². The van der Waals surface area contributed by atoms with Crippen molar-refractivity contribution in [2.45, 2.75) is 6.92 Å². The number of nitrogens with zero attached hydrogens (tertiary/aromatic N) is 1. The topological polar surface area (TPSA) is 83.8 Å². The number of benzene rings is 1. The maximum Gasteiger partial charge on any atom is 0.275 e. The number of carbonyl (C=O) groups is 1. The molecule has 1 aromatic carbocycles. The number of nitrogens with one attached hydrogen (secondary N) is 2. The van der Waals surface area contributed by atoms with Gasteiger partial charge in [0.1, 0.15) is 5.69 Å². The lowest BCUT2D eigenvalue weighted by Gasteiger charge is -2.08. The van der Waals surface area contributed by atoms with Gasteiger partial charge in [-0.1, -0.05) is 23.2 Å². The number of anilines is 2. The summed E-state index contributed by atoms with van der Waals surface area (Å²) < 4.78 is 0. The molecule has 94 valence electrons. The molecule has 0 unspecified atom stereocenters. The van der Waals surface area contributed by atoms with E-state index in [4.69, 9.17) is 28.9 Å². The Hall–Kier alpha value is -1.72. The van der Waals surface area contributed by atoms with Crippen LogP contribution in [-0.2, 0) is 0 Å². The summed E-state index contributed by atoms with van der Waals surface area (Å²) in [6.07, 6.45) is 1.36. The van der Waals surface area contributed by atoms with Crippen LogP contribution in [0.1, 0.15) is 16.1 Å². The van der Waals surface area contributed by atoms with Gasteiger partial charge in [0.05, 0.1) is 22.6 Å². The van der Waals surface area contributed by atoms with Crippen LogP contribution in [0.2, 0.25) is 10.0 Å². The van der Waals surface area contributed by atoms with Gasteiger partial charge in [-0.15, -0.1) is 0 Å². The maximum absolute atomic E-state index is 11.9. The average molecular weight is 285 g/mol. The standard InChI is InChI=1S/C11H10Cl2N4O/c1-5-2-7(13)9(3-6(5)12)16-11(18)10-8(14)4-15-17-10/h2-4H,14H2,1H3,(H,15,17)(H,16,18). The maximum atomic E-state index is 11.9. The first kappa shape index (κ1) is 12.7. The van der Waals surface area contributed by atoms with Gasteiger partial charge < -0.3 is 11.1 Å². The highest BCUT2D eigenvalue weighted by Gasteiger charge is 2.14. The van der Waals surface area contributed by atoms with Crippen molar-refractivity contribution < 1.29 is 4.79 Å². The molecule has 0 saturated carbocycles. The van der Waals surface area contributed by atoms with Crippen LogP contribution < -0.4 is 11.1 Å². The lowest BCUT2D eigenvalue weighted by Crippen LogP contribution is -2.14. The minimum atomic E-state index is -0.424. The molecule has 1 heterocycles. The Bertz CT molecular complexity index is 609. The van der Waals surface area contributed by atoms with Crippen molar-refractivity contribution in [3.8, 4) is 0 Å². The van der Waals surface area contributed by atoms with E-state index < -0.39 is 5.91 Å². The number of aromatic nitrogens is 2. The molecule has 4 N–H and O–H groups in total. The van der Waals surface area contributed by atoms with E-state index in [1.807, 2.05) is 6.92 Å². The van der Waals surface area contributed by atoms with Gasteiger partial charge in [-0.25, -0.2) is 0 Å². The van der Waals surface area contributed by atoms with Gasteiger partial charge in [0, 0.05) is 5.02 Å². The first-order valence-corrected chi connectivity index (χ1v) is 5.80. The molecule has 0 radical (unpaired) electrons. The molecule has 0 spiro atoms. The zero-order valence-corrected chi connectivity index (χ0v) is 10.9. The number of aromatic amines is 1. The van der Waals surface area contributed by atoms with Crippen molar-refractivity contribution in [1.82, 2.24) is 10.2 Å². The van der Waals surface area contributed by atoms with E-state index >= 15 is 0 Å². The first-order valence-electron chi connectivity index (χ1n) is 5.05. The van der Waals surface area contributed by atoms with Crippen molar-refractivity contribution in [3.63, 3.8) is 0 Å². The highest BCUT2D eigenvalue weighted by Crippen LogP contribution is 2.29. The molecule has 0 aliphatic heterocycles. The van der Waals surface area contributed by atoms with Crippen molar-refractivity contribution in [2.75, 3.05) is 11.1 Å². The fraction of sp³-hybridized carbons (Fsp3) is 0.0909. The van der Waals surface area contributed by atoms with E-state index in [1.165, 1.54) is 6.20 Å². The lowest BCUT2D eigenvalue weighted by atomic mass is 10.2. The number of aryl methyl sites for hydroxylation is 1. The third-order valence-corrected chi connectivity index (χ3v) is 3.11. The molecule has 0 aliphatic carbocycles. The predicted octanol–water partition coefficient (Wildman–Crippen LogP) is 2.86. The van der Waals surface area contributed by atoms with Gasteiger partial charge in [-0.3, -0.25) is 9.89 Å². The molecule has 5 nitrogen and oxygen atoms in total. The van der Waals surface area contributed by atoms with E-state index in [2.05, 4.69) is 15.5 Å². The van der Waals surface area contributed by atoms with Crippen LogP contribution in [0.5, 0.6) is 0 Å². The summed E-state index contributed by atoms with van der Waals surface area (Å²) in [7, 11) is 0. The third-order valence-electron chi connectivity index (χ3n) is 2.39. The number of rotatable bonds is 2. The fourth-order valence-electron chi connectivity index (χ4n) is 1.40. The van der Waals surface area contributed by atoms with Crippen LogP contribution in [0.4, 0.5) is 11.4 Å². The molecule has 2 rings (SSSR count). The Morgan fingerprint density at radius 1 is 1.39 bits per heavy atom.